The molecule has 14 heavy (non-hydrogen) atoms. The first kappa shape index (κ1) is 13.5. The average Bonchev–Trinajstić information content (AvgIpc) is 2.21. The van der Waals surface area contributed by atoms with Crippen LogP contribution in [0.2, 0.25) is 0 Å². The fourth-order valence-corrected chi connectivity index (χ4v) is 1.25. The number of allylic oxidation sites excluding steroid dienone is 1. The second kappa shape index (κ2) is 10.6. The molecular weight excluding hydrogens is 172 g/mol. The van der Waals surface area contributed by atoms with E-state index in [1.54, 1.807) is 0 Å². The highest BCUT2D eigenvalue weighted by Gasteiger charge is 1.90. The molecule has 0 aromatic heterocycles. The molecule has 0 N–H and O–H groups in total. The van der Waals surface area contributed by atoms with Crippen LogP contribution in [0, 0.1) is 0 Å². The monoisotopic (exact) mass is 198 g/mol. The van der Waals surface area contributed by atoms with Gasteiger partial charge in [0.2, 0.25) is 0 Å². The fourth-order valence-electron chi connectivity index (χ4n) is 1.25. The van der Waals surface area contributed by atoms with Crippen molar-refractivity contribution in [3.05, 3.63) is 11.8 Å². The minimum atomic E-state index is 0.892. The molecule has 0 saturated carbocycles. The summed E-state index contributed by atoms with van der Waals surface area (Å²) in [5.41, 5.74) is 1.33. The van der Waals surface area contributed by atoms with E-state index in [-0.39, 0.29) is 0 Å². The van der Waals surface area contributed by atoms with Crippen molar-refractivity contribution < 1.29 is 4.74 Å². The summed E-state index contributed by atoms with van der Waals surface area (Å²) in [6.45, 7) is 7.41. The van der Waals surface area contributed by atoms with Gasteiger partial charge in [0, 0.05) is 0 Å². The Morgan fingerprint density at radius 3 is 2.29 bits per heavy atom. The van der Waals surface area contributed by atoms with Crippen molar-refractivity contribution in [1.82, 2.24) is 0 Å². The Morgan fingerprint density at radius 1 is 1.00 bits per heavy atom. The lowest BCUT2D eigenvalue weighted by molar-refractivity contribution is 0.237. The smallest absolute Gasteiger partial charge is 0.0873 e. The molecule has 0 saturated heterocycles. The number of hydrogen-bond donors (Lipinski definition) is 0. The predicted octanol–water partition coefficient (Wildman–Crippen LogP) is 4.68. The minimum absolute atomic E-state index is 0.892. The van der Waals surface area contributed by atoms with Gasteiger partial charge in [0.15, 0.2) is 0 Å². The molecule has 0 atom stereocenters. The lowest BCUT2D eigenvalue weighted by Gasteiger charge is -2.02. The highest BCUT2D eigenvalue weighted by molar-refractivity contribution is 4.90. The Bertz CT molecular complexity index is 138. The summed E-state index contributed by atoms with van der Waals surface area (Å²) in [5.74, 6) is 0. The van der Waals surface area contributed by atoms with E-state index in [9.17, 15) is 0 Å². The Morgan fingerprint density at radius 2 is 1.64 bits per heavy atom. The largest absolute Gasteiger partial charge is 0.501 e. The maximum absolute atomic E-state index is 5.43. The highest BCUT2D eigenvalue weighted by Crippen LogP contribution is 2.05. The summed E-state index contributed by atoms with van der Waals surface area (Å²) in [6, 6.07) is 0. The molecule has 84 valence electrons. The lowest BCUT2D eigenvalue weighted by Crippen LogP contribution is -1.89. The molecule has 1 heteroatoms. The summed E-state index contributed by atoms with van der Waals surface area (Å²) in [5, 5.41) is 0. The van der Waals surface area contributed by atoms with Crippen LogP contribution in [0.25, 0.3) is 0 Å². The SMILES string of the molecule is CCCCCCCCO/C=C(\C)CC. The minimum Gasteiger partial charge on any atom is -0.501 e. The Hall–Kier alpha value is -0.460. The molecule has 0 aliphatic heterocycles. The molecule has 0 fully saturated rings. The molecule has 0 spiro atoms. The zero-order valence-corrected chi connectivity index (χ0v) is 10.1. The second-order valence-corrected chi connectivity index (χ2v) is 3.96. The first-order chi connectivity index (χ1) is 6.81. The van der Waals surface area contributed by atoms with Gasteiger partial charge >= 0.3 is 0 Å². The lowest BCUT2D eigenvalue weighted by atomic mass is 10.1. The van der Waals surface area contributed by atoms with Gasteiger partial charge in [-0.05, 0) is 25.3 Å². The van der Waals surface area contributed by atoms with E-state index < -0.39 is 0 Å². The van der Waals surface area contributed by atoms with E-state index in [0.717, 1.165) is 13.0 Å². The molecular formula is C13H26O. The summed E-state index contributed by atoms with van der Waals surface area (Å²) in [7, 11) is 0. The van der Waals surface area contributed by atoms with Crippen molar-refractivity contribution in [2.75, 3.05) is 6.61 Å². The molecule has 0 aliphatic rings. The molecule has 0 heterocycles. The number of unbranched alkanes of at least 4 members (excludes halogenated alkanes) is 5. The molecule has 1 nitrogen and oxygen atoms in total. The van der Waals surface area contributed by atoms with Crippen molar-refractivity contribution in [3.63, 3.8) is 0 Å². The maximum atomic E-state index is 5.43. The Kier molecular flexibility index (Phi) is 10.3. The summed E-state index contributed by atoms with van der Waals surface area (Å²) >= 11 is 0. The van der Waals surface area contributed by atoms with Gasteiger partial charge in [-0.3, -0.25) is 0 Å². The predicted molar refractivity (Wildman–Crippen MR) is 63.4 cm³/mol. The molecule has 0 radical (unpaired) electrons. The van der Waals surface area contributed by atoms with Gasteiger partial charge in [-0.25, -0.2) is 0 Å². The third-order valence-corrected chi connectivity index (χ3v) is 2.46. The van der Waals surface area contributed by atoms with Gasteiger partial charge in [0.1, 0.15) is 0 Å². The average molecular weight is 198 g/mol. The van der Waals surface area contributed by atoms with Crippen molar-refractivity contribution in [1.29, 1.82) is 0 Å². The van der Waals surface area contributed by atoms with Gasteiger partial charge in [-0.2, -0.15) is 0 Å². The molecule has 0 amide bonds. The third kappa shape index (κ3) is 9.63. The van der Waals surface area contributed by atoms with E-state index in [4.69, 9.17) is 4.74 Å². The molecule has 0 aromatic rings. The van der Waals surface area contributed by atoms with Crippen molar-refractivity contribution in [2.24, 2.45) is 0 Å². The molecule has 0 bridgehead atoms. The van der Waals surface area contributed by atoms with Crippen LogP contribution in [0.15, 0.2) is 11.8 Å². The van der Waals surface area contributed by atoms with Crippen molar-refractivity contribution in [3.8, 4) is 0 Å². The van der Waals surface area contributed by atoms with Crippen LogP contribution in [0.1, 0.15) is 65.7 Å². The van der Waals surface area contributed by atoms with Crippen molar-refractivity contribution in [2.45, 2.75) is 65.7 Å². The van der Waals surface area contributed by atoms with Gasteiger partial charge < -0.3 is 4.74 Å². The topological polar surface area (TPSA) is 9.23 Å². The van der Waals surface area contributed by atoms with E-state index in [2.05, 4.69) is 20.8 Å². The van der Waals surface area contributed by atoms with Crippen LogP contribution in [-0.2, 0) is 4.74 Å². The van der Waals surface area contributed by atoms with Crippen LogP contribution in [0.3, 0.4) is 0 Å². The molecule has 0 aromatic carbocycles. The number of ether oxygens (including phenoxy) is 1. The summed E-state index contributed by atoms with van der Waals surface area (Å²) in [4.78, 5) is 0. The number of rotatable bonds is 9. The molecule has 0 rings (SSSR count). The maximum Gasteiger partial charge on any atom is 0.0873 e. The van der Waals surface area contributed by atoms with E-state index in [1.165, 1.54) is 44.1 Å². The first-order valence-electron chi connectivity index (χ1n) is 6.08. The van der Waals surface area contributed by atoms with Crippen LogP contribution >= 0.6 is 0 Å². The highest BCUT2D eigenvalue weighted by atomic mass is 16.5. The van der Waals surface area contributed by atoms with Gasteiger partial charge in [-0.1, -0.05) is 46.0 Å². The van der Waals surface area contributed by atoms with E-state index >= 15 is 0 Å². The Labute approximate surface area is 89.5 Å². The number of hydrogen-bond acceptors (Lipinski definition) is 1. The standard InChI is InChI=1S/C13H26O/c1-4-6-7-8-9-10-11-14-12-13(3)5-2/h12H,4-11H2,1-3H3/b13-12+. The molecule has 0 aliphatic carbocycles. The van der Waals surface area contributed by atoms with Crippen LogP contribution in [-0.4, -0.2) is 6.61 Å². The van der Waals surface area contributed by atoms with Crippen molar-refractivity contribution >= 4 is 0 Å². The van der Waals surface area contributed by atoms with Gasteiger partial charge in [0.05, 0.1) is 12.9 Å². The zero-order valence-electron chi connectivity index (χ0n) is 10.1. The zero-order chi connectivity index (χ0) is 10.6. The summed E-state index contributed by atoms with van der Waals surface area (Å²) in [6.07, 6.45) is 11.0. The van der Waals surface area contributed by atoms with Gasteiger partial charge in [-0.15, -0.1) is 0 Å². The van der Waals surface area contributed by atoms with E-state index in [0.29, 0.717) is 0 Å². The second-order valence-electron chi connectivity index (χ2n) is 3.96. The first-order valence-corrected chi connectivity index (χ1v) is 6.08. The summed E-state index contributed by atoms with van der Waals surface area (Å²) < 4.78 is 5.43. The normalized spacial score (nSPS) is 11.8. The quantitative estimate of drug-likeness (QED) is 0.386. The fraction of sp³-hybridized carbons (Fsp3) is 0.846. The van der Waals surface area contributed by atoms with Gasteiger partial charge in [0.25, 0.3) is 0 Å². The Balaban J connectivity index is 3.06. The van der Waals surface area contributed by atoms with Crippen LogP contribution < -0.4 is 0 Å². The molecule has 0 unspecified atom stereocenters. The third-order valence-electron chi connectivity index (χ3n) is 2.46. The van der Waals surface area contributed by atoms with Crippen LogP contribution in [0.5, 0.6) is 0 Å². The van der Waals surface area contributed by atoms with Crippen LogP contribution in [0.4, 0.5) is 0 Å². The van der Waals surface area contributed by atoms with E-state index in [1.807, 2.05) is 6.26 Å².